The van der Waals surface area contributed by atoms with Crippen molar-refractivity contribution in [2.45, 2.75) is 32.7 Å². The van der Waals surface area contributed by atoms with E-state index in [9.17, 15) is 0 Å². The van der Waals surface area contributed by atoms with E-state index in [4.69, 9.17) is 11.6 Å². The highest BCUT2D eigenvalue weighted by Crippen LogP contribution is 2.31. The van der Waals surface area contributed by atoms with Gasteiger partial charge < -0.3 is 5.32 Å². The Morgan fingerprint density at radius 3 is 2.24 bits per heavy atom. The Bertz CT molecular complexity index is 593. The van der Waals surface area contributed by atoms with Crippen LogP contribution in [0, 0.1) is 0 Å². The average Bonchev–Trinajstić information content (AvgIpc) is 2.48. The van der Waals surface area contributed by atoms with Crippen LogP contribution in [-0.2, 0) is 0 Å². The first-order valence-electron chi connectivity index (χ1n) is 7.31. The summed E-state index contributed by atoms with van der Waals surface area (Å²) < 4.78 is 1.05. The molecule has 0 heterocycles. The number of nitrogens with one attached hydrogen (secondary N) is 1. The first kappa shape index (κ1) is 16.5. The van der Waals surface area contributed by atoms with Crippen LogP contribution in [0.4, 0.5) is 0 Å². The van der Waals surface area contributed by atoms with E-state index in [0.717, 1.165) is 21.6 Å². The molecule has 2 aromatic rings. The quantitative estimate of drug-likeness (QED) is 0.692. The summed E-state index contributed by atoms with van der Waals surface area (Å²) in [6, 6.07) is 14.9. The second kappa shape index (κ2) is 7.44. The van der Waals surface area contributed by atoms with E-state index in [0.29, 0.717) is 5.92 Å². The van der Waals surface area contributed by atoms with Crippen molar-refractivity contribution in [3.8, 4) is 0 Å². The molecule has 2 aromatic carbocycles. The highest BCUT2D eigenvalue weighted by Gasteiger charge is 2.16. The second-order valence-electron chi connectivity index (χ2n) is 5.48. The third kappa shape index (κ3) is 4.09. The van der Waals surface area contributed by atoms with Gasteiger partial charge in [-0.3, -0.25) is 0 Å². The Labute approximate surface area is 140 Å². The maximum Gasteiger partial charge on any atom is 0.0591 e. The lowest BCUT2D eigenvalue weighted by molar-refractivity contribution is 0.630. The molecule has 21 heavy (non-hydrogen) atoms. The molecular formula is C18H21BrClN. The predicted octanol–water partition coefficient (Wildman–Crippen LogP) is 5.92. The molecule has 1 N–H and O–H groups in total. The molecule has 0 aliphatic heterocycles. The summed E-state index contributed by atoms with van der Waals surface area (Å²) >= 11 is 9.93. The molecule has 0 aliphatic rings. The number of hydrogen-bond donors (Lipinski definition) is 1. The lowest BCUT2D eigenvalue weighted by Crippen LogP contribution is -2.22. The lowest BCUT2D eigenvalue weighted by Gasteiger charge is -2.21. The van der Waals surface area contributed by atoms with Crippen molar-refractivity contribution in [2.75, 3.05) is 6.54 Å². The van der Waals surface area contributed by atoms with Crippen LogP contribution in [0.5, 0.6) is 0 Å². The molecule has 0 aromatic heterocycles. The molecule has 1 nitrogen and oxygen atoms in total. The van der Waals surface area contributed by atoms with Gasteiger partial charge in [0.05, 0.1) is 6.04 Å². The largest absolute Gasteiger partial charge is 0.306 e. The summed E-state index contributed by atoms with van der Waals surface area (Å²) in [7, 11) is 0. The zero-order valence-corrected chi connectivity index (χ0v) is 15.0. The molecule has 0 saturated heterocycles. The average molecular weight is 367 g/mol. The third-order valence-corrected chi connectivity index (χ3v) is 4.45. The van der Waals surface area contributed by atoms with Crippen LogP contribution in [0.15, 0.2) is 46.9 Å². The highest BCUT2D eigenvalue weighted by molar-refractivity contribution is 9.10. The fraction of sp³-hybridized carbons (Fsp3) is 0.333. The topological polar surface area (TPSA) is 12.0 Å². The molecule has 2 rings (SSSR count). The summed E-state index contributed by atoms with van der Waals surface area (Å²) in [6.07, 6.45) is 0. The number of rotatable bonds is 5. The van der Waals surface area contributed by atoms with Gasteiger partial charge in [0.2, 0.25) is 0 Å². The second-order valence-corrected chi connectivity index (χ2v) is 6.80. The van der Waals surface area contributed by atoms with Gasteiger partial charge in [0.25, 0.3) is 0 Å². The number of benzene rings is 2. The van der Waals surface area contributed by atoms with Gasteiger partial charge >= 0.3 is 0 Å². The van der Waals surface area contributed by atoms with Gasteiger partial charge in [-0.2, -0.15) is 0 Å². The van der Waals surface area contributed by atoms with Crippen LogP contribution in [-0.4, -0.2) is 6.54 Å². The SMILES string of the molecule is CCNC(c1ccc(C(C)C)cc1)c1cc(Br)ccc1Cl. The fourth-order valence-electron chi connectivity index (χ4n) is 2.42. The van der Waals surface area contributed by atoms with Crippen molar-refractivity contribution in [1.29, 1.82) is 0 Å². The molecule has 1 atom stereocenters. The van der Waals surface area contributed by atoms with E-state index in [1.807, 2.05) is 12.1 Å². The molecular weight excluding hydrogens is 346 g/mol. The van der Waals surface area contributed by atoms with Crippen molar-refractivity contribution in [1.82, 2.24) is 5.32 Å². The Balaban J connectivity index is 2.40. The van der Waals surface area contributed by atoms with Crippen LogP contribution < -0.4 is 5.32 Å². The smallest absolute Gasteiger partial charge is 0.0591 e. The maximum atomic E-state index is 6.40. The molecule has 0 radical (unpaired) electrons. The van der Waals surface area contributed by atoms with Gasteiger partial charge in [-0.25, -0.2) is 0 Å². The van der Waals surface area contributed by atoms with Gasteiger partial charge in [0.1, 0.15) is 0 Å². The molecule has 1 unspecified atom stereocenters. The number of hydrogen-bond acceptors (Lipinski definition) is 1. The Kier molecular flexibility index (Phi) is 5.86. The van der Waals surface area contributed by atoms with Crippen molar-refractivity contribution in [3.63, 3.8) is 0 Å². The van der Waals surface area contributed by atoms with Gasteiger partial charge in [-0.1, -0.05) is 72.6 Å². The summed E-state index contributed by atoms with van der Waals surface area (Å²) in [4.78, 5) is 0. The van der Waals surface area contributed by atoms with E-state index in [1.54, 1.807) is 0 Å². The lowest BCUT2D eigenvalue weighted by atomic mass is 9.95. The van der Waals surface area contributed by atoms with E-state index in [-0.39, 0.29) is 6.04 Å². The molecule has 0 amide bonds. The van der Waals surface area contributed by atoms with Crippen LogP contribution in [0.3, 0.4) is 0 Å². The highest BCUT2D eigenvalue weighted by atomic mass is 79.9. The van der Waals surface area contributed by atoms with E-state index >= 15 is 0 Å². The molecule has 112 valence electrons. The first-order chi connectivity index (χ1) is 10.0. The minimum Gasteiger partial charge on any atom is -0.306 e. The minimum absolute atomic E-state index is 0.112. The van der Waals surface area contributed by atoms with E-state index in [1.165, 1.54) is 11.1 Å². The van der Waals surface area contributed by atoms with E-state index < -0.39 is 0 Å². The third-order valence-electron chi connectivity index (χ3n) is 3.61. The van der Waals surface area contributed by atoms with Crippen molar-refractivity contribution in [2.24, 2.45) is 0 Å². The van der Waals surface area contributed by atoms with Crippen LogP contribution in [0.2, 0.25) is 5.02 Å². The monoisotopic (exact) mass is 365 g/mol. The zero-order valence-electron chi connectivity index (χ0n) is 12.7. The molecule has 0 saturated carbocycles. The van der Waals surface area contributed by atoms with Crippen LogP contribution in [0.25, 0.3) is 0 Å². The van der Waals surface area contributed by atoms with Gasteiger partial charge in [0, 0.05) is 9.50 Å². The number of halogens is 2. The predicted molar refractivity (Wildman–Crippen MR) is 95.2 cm³/mol. The van der Waals surface area contributed by atoms with Crippen molar-refractivity contribution >= 4 is 27.5 Å². The fourth-order valence-corrected chi connectivity index (χ4v) is 3.03. The summed E-state index contributed by atoms with van der Waals surface area (Å²) in [5, 5.41) is 4.32. The van der Waals surface area contributed by atoms with Crippen molar-refractivity contribution in [3.05, 3.63) is 68.7 Å². The summed E-state index contributed by atoms with van der Waals surface area (Å²) in [5.41, 5.74) is 3.70. The molecule has 0 fully saturated rings. The zero-order chi connectivity index (χ0) is 15.4. The Morgan fingerprint density at radius 1 is 1.05 bits per heavy atom. The summed E-state index contributed by atoms with van der Waals surface area (Å²) in [6.45, 7) is 7.42. The van der Waals surface area contributed by atoms with Crippen LogP contribution >= 0.6 is 27.5 Å². The molecule has 0 spiro atoms. The Hall–Kier alpha value is -0.830. The Morgan fingerprint density at radius 2 is 1.67 bits per heavy atom. The van der Waals surface area contributed by atoms with Gasteiger partial charge in [-0.15, -0.1) is 0 Å². The normalized spacial score (nSPS) is 12.7. The first-order valence-corrected chi connectivity index (χ1v) is 8.48. The van der Waals surface area contributed by atoms with Gasteiger partial charge in [-0.05, 0) is 47.4 Å². The molecule has 3 heteroatoms. The van der Waals surface area contributed by atoms with Crippen molar-refractivity contribution < 1.29 is 0 Å². The molecule has 0 aliphatic carbocycles. The minimum atomic E-state index is 0.112. The maximum absolute atomic E-state index is 6.40. The van der Waals surface area contributed by atoms with Crippen LogP contribution in [0.1, 0.15) is 49.4 Å². The summed E-state index contributed by atoms with van der Waals surface area (Å²) in [5.74, 6) is 0.547. The molecule has 0 bridgehead atoms. The standard InChI is InChI=1S/C18H21BrClN/c1-4-21-18(16-11-15(19)9-10-17(16)20)14-7-5-13(6-8-14)12(2)3/h5-12,18,21H,4H2,1-3H3. The van der Waals surface area contributed by atoms with Gasteiger partial charge in [0.15, 0.2) is 0 Å². The van der Waals surface area contributed by atoms with E-state index in [2.05, 4.69) is 72.3 Å².